The van der Waals surface area contributed by atoms with Gasteiger partial charge in [0.15, 0.2) is 0 Å². The molecule has 1 aromatic heterocycles. The van der Waals surface area contributed by atoms with Crippen molar-refractivity contribution in [2.24, 2.45) is 18.7 Å². The molecule has 2 rings (SSSR count). The summed E-state index contributed by atoms with van der Waals surface area (Å²) in [6.45, 7) is 1.37. The molecule has 0 amide bonds. The van der Waals surface area contributed by atoms with Crippen LogP contribution in [0.4, 0.5) is 0 Å². The Kier molecular flexibility index (Phi) is 3.96. The van der Waals surface area contributed by atoms with Gasteiger partial charge >= 0.3 is 0 Å². The van der Waals surface area contributed by atoms with Crippen molar-refractivity contribution < 1.29 is 4.74 Å². The molecule has 0 aliphatic heterocycles. The van der Waals surface area contributed by atoms with Gasteiger partial charge in [0.25, 0.3) is 0 Å². The minimum Gasteiger partial charge on any atom is -0.372 e. The lowest BCUT2D eigenvalue weighted by atomic mass is 10.1. The minimum absolute atomic E-state index is 0.00861. The molecule has 1 atom stereocenters. The van der Waals surface area contributed by atoms with Gasteiger partial charge in [-0.25, -0.2) is 0 Å². The summed E-state index contributed by atoms with van der Waals surface area (Å²) >= 11 is 0. The van der Waals surface area contributed by atoms with Crippen LogP contribution in [0, 0.1) is 5.92 Å². The maximum atomic E-state index is 5.90. The first-order valence-electron chi connectivity index (χ1n) is 6.10. The zero-order valence-electron chi connectivity index (χ0n) is 9.93. The van der Waals surface area contributed by atoms with Crippen LogP contribution in [0.5, 0.6) is 0 Å². The molecule has 1 heterocycles. The molecule has 1 aromatic rings. The molecular weight excluding hydrogens is 202 g/mol. The van der Waals surface area contributed by atoms with Crippen LogP contribution in [0.1, 0.15) is 37.4 Å². The molecule has 1 fully saturated rings. The second-order valence-electron chi connectivity index (χ2n) is 4.66. The monoisotopic (exact) mass is 223 g/mol. The minimum atomic E-state index is 0.00861. The summed E-state index contributed by atoms with van der Waals surface area (Å²) in [4.78, 5) is 0. The first-order valence-corrected chi connectivity index (χ1v) is 6.10. The Morgan fingerprint density at radius 2 is 2.31 bits per heavy atom. The van der Waals surface area contributed by atoms with Crippen molar-refractivity contribution in [1.82, 2.24) is 9.78 Å². The van der Waals surface area contributed by atoms with Crippen LogP contribution in [0.15, 0.2) is 12.4 Å². The average molecular weight is 223 g/mol. The van der Waals surface area contributed by atoms with E-state index in [0.717, 1.165) is 18.1 Å². The third-order valence-electron chi connectivity index (χ3n) is 3.32. The zero-order chi connectivity index (χ0) is 11.4. The summed E-state index contributed by atoms with van der Waals surface area (Å²) in [5.74, 6) is 0.741. The third-order valence-corrected chi connectivity index (χ3v) is 3.32. The van der Waals surface area contributed by atoms with E-state index in [1.807, 2.05) is 19.4 Å². The Morgan fingerprint density at radius 1 is 1.56 bits per heavy atom. The Morgan fingerprint density at radius 3 is 2.88 bits per heavy atom. The van der Waals surface area contributed by atoms with E-state index < -0.39 is 0 Å². The number of nitrogens with two attached hydrogens (primary N) is 1. The highest BCUT2D eigenvalue weighted by molar-refractivity contribution is 5.08. The number of aromatic nitrogens is 2. The summed E-state index contributed by atoms with van der Waals surface area (Å²) < 4.78 is 7.68. The van der Waals surface area contributed by atoms with Gasteiger partial charge in [0, 0.05) is 25.4 Å². The summed E-state index contributed by atoms with van der Waals surface area (Å²) in [5, 5.41) is 4.15. The summed E-state index contributed by atoms with van der Waals surface area (Å²) in [6, 6.07) is 0. The molecule has 1 aliphatic rings. The Bertz CT molecular complexity index is 318. The smallest absolute Gasteiger partial charge is 0.0977 e. The van der Waals surface area contributed by atoms with Crippen molar-refractivity contribution in [1.29, 1.82) is 0 Å². The Labute approximate surface area is 96.8 Å². The molecule has 1 aliphatic carbocycles. The third kappa shape index (κ3) is 2.83. The van der Waals surface area contributed by atoms with Gasteiger partial charge in [-0.3, -0.25) is 4.68 Å². The zero-order valence-corrected chi connectivity index (χ0v) is 9.93. The van der Waals surface area contributed by atoms with E-state index in [0.29, 0.717) is 6.54 Å². The van der Waals surface area contributed by atoms with Crippen LogP contribution in [-0.2, 0) is 11.8 Å². The topological polar surface area (TPSA) is 53.1 Å². The first kappa shape index (κ1) is 11.6. The second kappa shape index (κ2) is 5.46. The van der Waals surface area contributed by atoms with E-state index in [9.17, 15) is 0 Å². The summed E-state index contributed by atoms with van der Waals surface area (Å²) in [5.41, 5.74) is 6.82. The van der Waals surface area contributed by atoms with Crippen molar-refractivity contribution >= 4 is 0 Å². The fraction of sp³-hybridized carbons (Fsp3) is 0.750. The predicted molar refractivity (Wildman–Crippen MR) is 62.9 cm³/mol. The molecule has 0 spiro atoms. The van der Waals surface area contributed by atoms with E-state index in [1.165, 1.54) is 25.7 Å². The summed E-state index contributed by atoms with van der Waals surface area (Å²) in [6.07, 6.45) is 9.16. The molecule has 16 heavy (non-hydrogen) atoms. The standard InChI is InChI=1S/C12H21N3O/c1-15-8-11(7-14-15)12(6-13)16-9-10-4-2-3-5-10/h7-8,10,12H,2-6,9,13H2,1H3. The number of aryl methyl sites for hydroxylation is 1. The maximum absolute atomic E-state index is 5.90. The highest BCUT2D eigenvalue weighted by Crippen LogP contribution is 2.26. The van der Waals surface area contributed by atoms with Crippen molar-refractivity contribution in [2.75, 3.05) is 13.2 Å². The SMILES string of the molecule is Cn1cc(C(CN)OCC2CCCC2)cn1. The number of ether oxygens (including phenoxy) is 1. The van der Waals surface area contributed by atoms with Gasteiger partial charge in [-0.2, -0.15) is 5.10 Å². The normalized spacial score (nSPS) is 19.1. The largest absolute Gasteiger partial charge is 0.372 e. The predicted octanol–water partition coefficient (Wildman–Crippen LogP) is 1.63. The Hall–Kier alpha value is -0.870. The van der Waals surface area contributed by atoms with Crippen LogP contribution in [0.3, 0.4) is 0 Å². The van der Waals surface area contributed by atoms with E-state index >= 15 is 0 Å². The van der Waals surface area contributed by atoms with Crippen LogP contribution >= 0.6 is 0 Å². The fourth-order valence-electron chi connectivity index (χ4n) is 2.34. The quantitative estimate of drug-likeness (QED) is 0.825. The molecule has 0 aromatic carbocycles. The molecular formula is C12H21N3O. The van der Waals surface area contributed by atoms with Crippen LogP contribution in [0.2, 0.25) is 0 Å². The van der Waals surface area contributed by atoms with Crippen molar-refractivity contribution in [3.05, 3.63) is 18.0 Å². The molecule has 90 valence electrons. The van der Waals surface area contributed by atoms with Gasteiger partial charge in [0.2, 0.25) is 0 Å². The highest BCUT2D eigenvalue weighted by Gasteiger charge is 2.18. The molecule has 0 bridgehead atoms. The molecule has 1 unspecified atom stereocenters. The van der Waals surface area contributed by atoms with Crippen LogP contribution in [0.25, 0.3) is 0 Å². The van der Waals surface area contributed by atoms with Gasteiger partial charge in [-0.1, -0.05) is 12.8 Å². The van der Waals surface area contributed by atoms with Gasteiger partial charge in [-0.05, 0) is 18.8 Å². The lowest BCUT2D eigenvalue weighted by Gasteiger charge is -2.17. The van der Waals surface area contributed by atoms with Gasteiger partial charge in [0.1, 0.15) is 0 Å². The van der Waals surface area contributed by atoms with E-state index in [4.69, 9.17) is 10.5 Å². The molecule has 0 radical (unpaired) electrons. The molecule has 0 saturated heterocycles. The molecule has 4 heteroatoms. The average Bonchev–Trinajstić information content (AvgIpc) is 2.91. The van der Waals surface area contributed by atoms with E-state index in [2.05, 4.69) is 5.10 Å². The molecule has 4 nitrogen and oxygen atoms in total. The fourth-order valence-corrected chi connectivity index (χ4v) is 2.34. The van der Waals surface area contributed by atoms with Crippen molar-refractivity contribution in [3.63, 3.8) is 0 Å². The van der Waals surface area contributed by atoms with Gasteiger partial charge in [-0.15, -0.1) is 0 Å². The van der Waals surface area contributed by atoms with E-state index in [-0.39, 0.29) is 6.10 Å². The van der Waals surface area contributed by atoms with Crippen molar-refractivity contribution in [3.8, 4) is 0 Å². The first-order chi connectivity index (χ1) is 7.79. The van der Waals surface area contributed by atoms with Crippen molar-refractivity contribution in [2.45, 2.75) is 31.8 Å². The van der Waals surface area contributed by atoms with Crippen LogP contribution in [-0.4, -0.2) is 22.9 Å². The van der Waals surface area contributed by atoms with Crippen LogP contribution < -0.4 is 5.73 Å². The maximum Gasteiger partial charge on any atom is 0.0977 e. The number of nitrogens with zero attached hydrogens (tertiary/aromatic N) is 2. The van der Waals surface area contributed by atoms with Gasteiger partial charge < -0.3 is 10.5 Å². The Balaban J connectivity index is 1.85. The number of hydrogen-bond donors (Lipinski definition) is 1. The van der Waals surface area contributed by atoms with Gasteiger partial charge in [0.05, 0.1) is 18.9 Å². The summed E-state index contributed by atoms with van der Waals surface area (Å²) in [7, 11) is 1.91. The lowest BCUT2D eigenvalue weighted by Crippen LogP contribution is -2.18. The molecule has 2 N–H and O–H groups in total. The number of hydrogen-bond acceptors (Lipinski definition) is 3. The molecule has 1 saturated carbocycles. The van der Waals surface area contributed by atoms with E-state index in [1.54, 1.807) is 4.68 Å². The second-order valence-corrected chi connectivity index (χ2v) is 4.66. The lowest BCUT2D eigenvalue weighted by molar-refractivity contribution is 0.0346. The number of rotatable bonds is 5. The highest BCUT2D eigenvalue weighted by atomic mass is 16.5.